The first kappa shape index (κ1) is 21.5. The summed E-state index contributed by atoms with van der Waals surface area (Å²) in [6, 6.07) is 0.0986. The Morgan fingerprint density at radius 1 is 1.28 bits per heavy atom. The second kappa shape index (κ2) is 10.5. The maximum Gasteiger partial charge on any atom is 0.407 e. The number of carbonyl (C=O) groups is 1. The predicted molar refractivity (Wildman–Crippen MR) is 103 cm³/mol. The van der Waals surface area contributed by atoms with E-state index in [4.69, 9.17) is 9.73 Å². The first-order chi connectivity index (χ1) is 11.8. The lowest BCUT2D eigenvalue weighted by Crippen LogP contribution is -2.44. The molecule has 1 saturated heterocycles. The molecular formula is C18H37N5O2. The highest BCUT2D eigenvalue weighted by molar-refractivity contribution is 5.80. The molecule has 1 aliphatic rings. The Kier molecular flexibility index (Phi) is 9.03. The van der Waals surface area contributed by atoms with Crippen molar-refractivity contribution in [2.24, 2.45) is 4.99 Å². The van der Waals surface area contributed by atoms with Gasteiger partial charge in [-0.05, 0) is 47.2 Å². The minimum Gasteiger partial charge on any atom is -0.444 e. The number of nitrogens with one attached hydrogen (secondary N) is 2. The topological polar surface area (TPSA) is 69.2 Å². The van der Waals surface area contributed by atoms with Crippen molar-refractivity contribution in [3.05, 3.63) is 0 Å². The zero-order chi connectivity index (χ0) is 18.9. The number of likely N-dealkylation sites (tertiary alicyclic amines) is 1. The molecule has 0 spiro atoms. The maximum atomic E-state index is 11.9. The minimum absolute atomic E-state index is 0.0986. The fourth-order valence-corrected chi connectivity index (χ4v) is 2.81. The Morgan fingerprint density at radius 2 is 1.96 bits per heavy atom. The fourth-order valence-electron chi connectivity index (χ4n) is 2.81. The average Bonchev–Trinajstić information content (AvgIpc) is 2.96. The molecule has 1 fully saturated rings. The lowest BCUT2D eigenvalue weighted by Gasteiger charge is -2.24. The molecule has 0 radical (unpaired) electrons. The highest BCUT2D eigenvalue weighted by Crippen LogP contribution is 2.12. The Bertz CT molecular complexity index is 430. The van der Waals surface area contributed by atoms with Gasteiger partial charge in [0.05, 0.1) is 12.6 Å². The molecule has 0 aromatic carbocycles. The summed E-state index contributed by atoms with van der Waals surface area (Å²) in [5.41, 5.74) is -0.469. The molecule has 25 heavy (non-hydrogen) atoms. The van der Waals surface area contributed by atoms with Crippen LogP contribution in [-0.4, -0.2) is 79.3 Å². The van der Waals surface area contributed by atoms with Crippen LogP contribution in [-0.2, 0) is 4.74 Å². The van der Waals surface area contributed by atoms with Crippen LogP contribution in [0.2, 0.25) is 0 Å². The van der Waals surface area contributed by atoms with Gasteiger partial charge in [0.1, 0.15) is 5.60 Å². The van der Waals surface area contributed by atoms with Crippen LogP contribution in [0.1, 0.15) is 48.0 Å². The summed E-state index contributed by atoms with van der Waals surface area (Å²) < 4.78 is 5.34. The van der Waals surface area contributed by atoms with Gasteiger partial charge >= 0.3 is 6.09 Å². The van der Waals surface area contributed by atoms with E-state index in [2.05, 4.69) is 41.2 Å². The van der Waals surface area contributed by atoms with Crippen LogP contribution in [0.5, 0.6) is 0 Å². The van der Waals surface area contributed by atoms with E-state index in [9.17, 15) is 4.79 Å². The number of guanidine groups is 1. The van der Waals surface area contributed by atoms with Gasteiger partial charge in [0.2, 0.25) is 0 Å². The number of nitrogens with zero attached hydrogens (tertiary/aromatic N) is 3. The Balaban J connectivity index is 2.52. The number of rotatable bonds is 7. The van der Waals surface area contributed by atoms with Crippen LogP contribution in [0.4, 0.5) is 4.79 Å². The van der Waals surface area contributed by atoms with Gasteiger partial charge < -0.3 is 25.2 Å². The largest absolute Gasteiger partial charge is 0.444 e. The monoisotopic (exact) mass is 355 g/mol. The van der Waals surface area contributed by atoms with E-state index in [0.29, 0.717) is 0 Å². The van der Waals surface area contributed by atoms with Gasteiger partial charge in [0, 0.05) is 26.2 Å². The van der Waals surface area contributed by atoms with Crippen LogP contribution in [0.3, 0.4) is 0 Å². The van der Waals surface area contributed by atoms with Crippen LogP contribution in [0, 0.1) is 0 Å². The van der Waals surface area contributed by atoms with Gasteiger partial charge in [-0.3, -0.25) is 4.99 Å². The van der Waals surface area contributed by atoms with Gasteiger partial charge in [-0.2, -0.15) is 0 Å². The average molecular weight is 356 g/mol. The van der Waals surface area contributed by atoms with E-state index in [1.165, 1.54) is 0 Å². The van der Waals surface area contributed by atoms with Gasteiger partial charge in [0.25, 0.3) is 0 Å². The van der Waals surface area contributed by atoms with E-state index in [0.717, 1.165) is 58.2 Å². The quantitative estimate of drug-likeness (QED) is 0.539. The SMILES string of the molecule is CCNC(=NCCN(CC)CC)N1CCC(NC(=O)OC(C)(C)C)C1. The molecule has 2 N–H and O–H groups in total. The molecule has 7 nitrogen and oxygen atoms in total. The summed E-state index contributed by atoms with van der Waals surface area (Å²) in [5.74, 6) is 0.933. The van der Waals surface area contributed by atoms with E-state index in [1.807, 2.05) is 20.8 Å². The summed E-state index contributed by atoms with van der Waals surface area (Å²) in [6.07, 6.45) is 0.558. The number of hydrogen-bond donors (Lipinski definition) is 2. The number of carbonyl (C=O) groups excluding carboxylic acids is 1. The number of alkyl carbamates (subject to hydrolysis) is 1. The van der Waals surface area contributed by atoms with Crippen molar-refractivity contribution in [2.45, 2.75) is 59.6 Å². The lowest BCUT2D eigenvalue weighted by molar-refractivity contribution is 0.0507. The van der Waals surface area contributed by atoms with E-state index >= 15 is 0 Å². The van der Waals surface area contributed by atoms with Gasteiger partial charge in [-0.1, -0.05) is 13.8 Å². The summed E-state index contributed by atoms with van der Waals surface area (Å²) in [6.45, 7) is 18.4. The molecule has 1 amide bonds. The van der Waals surface area contributed by atoms with Crippen molar-refractivity contribution in [1.29, 1.82) is 0 Å². The van der Waals surface area contributed by atoms with Crippen molar-refractivity contribution in [1.82, 2.24) is 20.4 Å². The molecule has 1 heterocycles. The van der Waals surface area contributed by atoms with Gasteiger partial charge in [0.15, 0.2) is 5.96 Å². The Hall–Kier alpha value is -1.50. The highest BCUT2D eigenvalue weighted by Gasteiger charge is 2.27. The Labute approximate surface area is 153 Å². The molecule has 0 aromatic rings. The molecule has 7 heteroatoms. The van der Waals surface area contributed by atoms with Crippen molar-refractivity contribution < 1.29 is 9.53 Å². The maximum absolute atomic E-state index is 11.9. The number of amides is 1. The zero-order valence-electron chi connectivity index (χ0n) is 16.9. The van der Waals surface area contributed by atoms with Crippen LogP contribution in [0.15, 0.2) is 4.99 Å². The number of aliphatic imine (C=N–C) groups is 1. The Morgan fingerprint density at radius 3 is 2.52 bits per heavy atom. The minimum atomic E-state index is -0.469. The number of likely N-dealkylation sites (N-methyl/N-ethyl adjacent to an activating group) is 1. The predicted octanol–water partition coefficient (Wildman–Crippen LogP) is 1.89. The van der Waals surface area contributed by atoms with Crippen molar-refractivity contribution in [3.8, 4) is 0 Å². The standard InChI is InChI=1S/C18H37N5O2/c1-7-19-16(20-11-13-22(8-2)9-3)23-12-10-15(14-23)21-17(24)25-18(4,5)6/h15H,7-14H2,1-6H3,(H,19,20)(H,21,24). The first-order valence-electron chi connectivity index (χ1n) is 9.54. The van der Waals surface area contributed by atoms with E-state index < -0.39 is 5.60 Å². The molecule has 1 atom stereocenters. The normalized spacial score (nSPS) is 18.6. The molecule has 1 rings (SSSR count). The summed E-state index contributed by atoms with van der Waals surface area (Å²) in [7, 11) is 0. The molecule has 0 aliphatic carbocycles. The second-order valence-electron chi connectivity index (χ2n) is 7.34. The van der Waals surface area contributed by atoms with Crippen LogP contribution >= 0.6 is 0 Å². The molecule has 0 saturated carbocycles. The second-order valence-corrected chi connectivity index (χ2v) is 7.34. The zero-order valence-corrected chi connectivity index (χ0v) is 16.9. The van der Waals surface area contributed by atoms with Crippen molar-refractivity contribution in [3.63, 3.8) is 0 Å². The highest BCUT2D eigenvalue weighted by atomic mass is 16.6. The number of ether oxygens (including phenoxy) is 1. The smallest absolute Gasteiger partial charge is 0.407 e. The summed E-state index contributed by atoms with van der Waals surface area (Å²) >= 11 is 0. The van der Waals surface area contributed by atoms with Crippen LogP contribution in [0.25, 0.3) is 0 Å². The van der Waals surface area contributed by atoms with Crippen molar-refractivity contribution >= 4 is 12.1 Å². The lowest BCUT2D eigenvalue weighted by atomic mass is 10.2. The molecule has 0 aromatic heterocycles. The van der Waals surface area contributed by atoms with E-state index in [-0.39, 0.29) is 12.1 Å². The van der Waals surface area contributed by atoms with E-state index in [1.54, 1.807) is 0 Å². The molecule has 1 aliphatic heterocycles. The third-order valence-corrected chi connectivity index (χ3v) is 4.12. The first-order valence-corrected chi connectivity index (χ1v) is 9.54. The van der Waals surface area contributed by atoms with Crippen molar-refractivity contribution in [2.75, 3.05) is 45.8 Å². The van der Waals surface area contributed by atoms with Gasteiger partial charge in [-0.15, -0.1) is 0 Å². The fraction of sp³-hybridized carbons (Fsp3) is 0.889. The molecule has 146 valence electrons. The molecule has 1 unspecified atom stereocenters. The third-order valence-electron chi connectivity index (χ3n) is 4.12. The summed E-state index contributed by atoms with van der Waals surface area (Å²) in [4.78, 5) is 21.3. The number of hydrogen-bond acceptors (Lipinski definition) is 4. The third kappa shape index (κ3) is 8.43. The summed E-state index contributed by atoms with van der Waals surface area (Å²) in [5, 5.41) is 6.32. The van der Waals surface area contributed by atoms with Crippen LogP contribution < -0.4 is 10.6 Å². The molecule has 0 bridgehead atoms. The molecular weight excluding hydrogens is 318 g/mol. The van der Waals surface area contributed by atoms with Gasteiger partial charge in [-0.25, -0.2) is 4.79 Å².